The number of tetrazole rings is 1. The molecule has 0 amide bonds. The van der Waals surface area contributed by atoms with Gasteiger partial charge >= 0.3 is 5.97 Å². The highest BCUT2D eigenvalue weighted by Crippen LogP contribution is 2.34. The average molecular weight is 443 g/mol. The molecule has 32 heavy (non-hydrogen) atoms. The number of rotatable bonds is 8. The quantitative estimate of drug-likeness (QED) is 0.485. The fourth-order valence-corrected chi connectivity index (χ4v) is 3.40. The molecule has 0 aliphatic rings. The van der Waals surface area contributed by atoms with Crippen molar-refractivity contribution < 1.29 is 24.1 Å². The Labute approximate surface area is 184 Å². The van der Waals surface area contributed by atoms with E-state index in [4.69, 9.17) is 4.74 Å². The van der Waals surface area contributed by atoms with E-state index in [1.165, 1.54) is 37.4 Å². The van der Waals surface area contributed by atoms with Gasteiger partial charge in [0.15, 0.2) is 17.3 Å². The fraction of sp³-hybridized carbons (Fsp3) is 0.364. The maximum atomic E-state index is 13.5. The van der Waals surface area contributed by atoms with Crippen molar-refractivity contribution in [3.05, 3.63) is 65.2 Å². The number of benzene rings is 2. The summed E-state index contributed by atoms with van der Waals surface area (Å²) in [6, 6.07) is 9.10. The third-order valence-electron chi connectivity index (χ3n) is 4.94. The molecule has 9 nitrogen and oxygen atoms in total. The summed E-state index contributed by atoms with van der Waals surface area (Å²) in [6.45, 7) is 5.80. The summed E-state index contributed by atoms with van der Waals surface area (Å²) < 4.78 is 20.2. The van der Waals surface area contributed by atoms with Crippen molar-refractivity contribution >= 4 is 5.97 Å². The zero-order chi connectivity index (χ0) is 23.5. The van der Waals surface area contributed by atoms with Gasteiger partial charge in [-0.05, 0) is 66.6 Å². The Morgan fingerprint density at radius 2 is 1.84 bits per heavy atom. The number of aromatic nitrogens is 4. The van der Waals surface area contributed by atoms with E-state index < -0.39 is 29.4 Å². The summed E-state index contributed by atoms with van der Waals surface area (Å²) >= 11 is 0. The minimum Gasteiger partial charge on any atom is -0.504 e. The third kappa shape index (κ3) is 5.20. The molecule has 0 aliphatic heterocycles. The van der Waals surface area contributed by atoms with E-state index in [0.29, 0.717) is 22.7 Å². The van der Waals surface area contributed by atoms with E-state index in [1.54, 1.807) is 16.8 Å². The van der Waals surface area contributed by atoms with Crippen LogP contribution in [0.5, 0.6) is 11.5 Å². The summed E-state index contributed by atoms with van der Waals surface area (Å²) in [6.07, 6.45) is -0.263. The second kappa shape index (κ2) is 9.31. The van der Waals surface area contributed by atoms with Crippen LogP contribution in [-0.4, -0.2) is 43.5 Å². The molecule has 0 fully saturated rings. The second-order valence-electron chi connectivity index (χ2n) is 8.35. The zero-order valence-electron chi connectivity index (χ0n) is 18.3. The number of nitrogens with zero attached hydrogens (tertiary/aromatic N) is 4. The fourth-order valence-electron chi connectivity index (χ4n) is 3.40. The summed E-state index contributed by atoms with van der Waals surface area (Å²) in [4.78, 5) is 11.6. The van der Waals surface area contributed by atoms with Crippen LogP contribution in [0.3, 0.4) is 0 Å². The standard InChI is InChI=1S/C22H26FN5O4/c1-22(2,3)28-21(25-26-27-28)20(14-7-10-18(32-4)17(29)11-14)24-16(12-19(30)31)13-5-8-15(23)9-6-13/h5-11,16,20,24,29H,12H2,1-4H3,(H,30,31). The van der Waals surface area contributed by atoms with Crippen molar-refractivity contribution in [3.8, 4) is 11.5 Å². The van der Waals surface area contributed by atoms with E-state index >= 15 is 0 Å². The topological polar surface area (TPSA) is 122 Å². The Bertz CT molecular complexity index is 1080. The van der Waals surface area contributed by atoms with Gasteiger partial charge in [-0.25, -0.2) is 9.07 Å². The number of carboxylic acids is 1. The molecule has 0 spiro atoms. The van der Waals surface area contributed by atoms with Gasteiger partial charge in [0.2, 0.25) is 0 Å². The molecular weight excluding hydrogens is 417 g/mol. The van der Waals surface area contributed by atoms with Gasteiger partial charge in [0.25, 0.3) is 0 Å². The lowest BCUT2D eigenvalue weighted by Crippen LogP contribution is -2.34. The lowest BCUT2D eigenvalue weighted by molar-refractivity contribution is -0.137. The first kappa shape index (κ1) is 23.1. The number of carbonyl (C=O) groups is 1. The highest BCUT2D eigenvalue weighted by atomic mass is 19.1. The Balaban J connectivity index is 2.11. The first-order chi connectivity index (χ1) is 15.1. The van der Waals surface area contributed by atoms with E-state index in [9.17, 15) is 19.4 Å². The van der Waals surface area contributed by atoms with E-state index in [-0.39, 0.29) is 12.2 Å². The highest BCUT2D eigenvalue weighted by molar-refractivity contribution is 5.68. The number of halogens is 1. The van der Waals surface area contributed by atoms with Crippen LogP contribution in [0, 0.1) is 5.82 Å². The van der Waals surface area contributed by atoms with Gasteiger partial charge in [0.1, 0.15) is 5.82 Å². The molecule has 10 heteroatoms. The molecule has 0 radical (unpaired) electrons. The number of nitrogens with one attached hydrogen (secondary N) is 1. The maximum absolute atomic E-state index is 13.5. The van der Waals surface area contributed by atoms with Crippen molar-refractivity contribution in [3.63, 3.8) is 0 Å². The molecule has 2 atom stereocenters. The van der Waals surface area contributed by atoms with Crippen LogP contribution in [-0.2, 0) is 10.3 Å². The molecule has 3 rings (SSSR count). The lowest BCUT2D eigenvalue weighted by atomic mass is 9.98. The van der Waals surface area contributed by atoms with Gasteiger partial charge < -0.3 is 14.9 Å². The molecule has 170 valence electrons. The van der Waals surface area contributed by atoms with Crippen molar-refractivity contribution in [2.45, 2.75) is 44.8 Å². The van der Waals surface area contributed by atoms with Gasteiger partial charge in [0, 0.05) is 6.04 Å². The monoisotopic (exact) mass is 443 g/mol. The predicted octanol–water partition coefficient (Wildman–Crippen LogP) is 3.18. The van der Waals surface area contributed by atoms with Crippen molar-refractivity contribution in [1.29, 1.82) is 0 Å². The number of hydrogen-bond acceptors (Lipinski definition) is 7. The average Bonchev–Trinajstić information content (AvgIpc) is 3.21. The van der Waals surface area contributed by atoms with Gasteiger partial charge in [-0.3, -0.25) is 10.1 Å². The van der Waals surface area contributed by atoms with Gasteiger partial charge in [-0.1, -0.05) is 18.2 Å². The number of carboxylic acid groups (broad SMARTS) is 1. The van der Waals surface area contributed by atoms with Crippen molar-refractivity contribution in [2.75, 3.05) is 7.11 Å². The number of ether oxygens (including phenoxy) is 1. The number of hydrogen-bond donors (Lipinski definition) is 3. The van der Waals surface area contributed by atoms with Crippen LogP contribution in [0.25, 0.3) is 0 Å². The smallest absolute Gasteiger partial charge is 0.305 e. The van der Waals surface area contributed by atoms with Crippen LogP contribution in [0.15, 0.2) is 42.5 Å². The van der Waals surface area contributed by atoms with Crippen LogP contribution >= 0.6 is 0 Å². The molecule has 0 saturated heterocycles. The van der Waals surface area contributed by atoms with Gasteiger partial charge in [-0.2, -0.15) is 0 Å². The Morgan fingerprint density at radius 1 is 1.19 bits per heavy atom. The molecule has 1 aromatic heterocycles. The molecule has 1 heterocycles. The number of methoxy groups -OCH3 is 1. The minimum atomic E-state index is -1.03. The molecule has 0 saturated carbocycles. The zero-order valence-corrected chi connectivity index (χ0v) is 18.3. The van der Waals surface area contributed by atoms with Gasteiger partial charge in [0.05, 0.1) is 25.1 Å². The molecule has 2 aromatic carbocycles. The van der Waals surface area contributed by atoms with E-state index in [1.807, 2.05) is 20.8 Å². The first-order valence-corrected chi connectivity index (χ1v) is 9.99. The second-order valence-corrected chi connectivity index (χ2v) is 8.35. The minimum absolute atomic E-state index is 0.0804. The third-order valence-corrected chi connectivity index (χ3v) is 4.94. The highest BCUT2D eigenvalue weighted by Gasteiger charge is 2.30. The largest absolute Gasteiger partial charge is 0.504 e. The number of aromatic hydroxyl groups is 1. The Hall–Kier alpha value is -3.53. The van der Waals surface area contributed by atoms with Crippen LogP contribution in [0.2, 0.25) is 0 Å². The lowest BCUT2D eigenvalue weighted by Gasteiger charge is -2.28. The SMILES string of the molecule is COc1ccc(C(NC(CC(=O)O)c2ccc(F)cc2)c2nnnn2C(C)(C)C)cc1O. The summed E-state index contributed by atoms with van der Waals surface area (Å²) in [7, 11) is 1.45. The summed E-state index contributed by atoms with van der Waals surface area (Å²) in [5.74, 6) is -0.805. The Morgan fingerprint density at radius 3 is 2.41 bits per heavy atom. The summed E-state index contributed by atoms with van der Waals surface area (Å²) in [5, 5.41) is 35.2. The maximum Gasteiger partial charge on any atom is 0.305 e. The summed E-state index contributed by atoms with van der Waals surface area (Å²) in [5.41, 5.74) is 0.721. The molecule has 0 bridgehead atoms. The molecule has 3 aromatic rings. The number of phenolic OH excluding ortho intramolecular Hbond substituents is 1. The molecule has 2 unspecified atom stereocenters. The predicted molar refractivity (Wildman–Crippen MR) is 114 cm³/mol. The normalized spacial score (nSPS) is 13.5. The van der Waals surface area contributed by atoms with Crippen LogP contribution < -0.4 is 10.1 Å². The number of aliphatic carboxylic acids is 1. The Kier molecular flexibility index (Phi) is 6.73. The molecule has 3 N–H and O–H groups in total. The van der Waals surface area contributed by atoms with E-state index in [2.05, 4.69) is 20.8 Å². The first-order valence-electron chi connectivity index (χ1n) is 9.99. The van der Waals surface area contributed by atoms with Crippen LogP contribution in [0.4, 0.5) is 4.39 Å². The molecule has 0 aliphatic carbocycles. The molecular formula is C22H26FN5O4. The number of phenols is 1. The van der Waals surface area contributed by atoms with Crippen molar-refractivity contribution in [2.24, 2.45) is 0 Å². The van der Waals surface area contributed by atoms with Crippen LogP contribution in [0.1, 0.15) is 56.2 Å². The van der Waals surface area contributed by atoms with Gasteiger partial charge in [-0.15, -0.1) is 5.10 Å². The van der Waals surface area contributed by atoms with Crippen molar-refractivity contribution in [1.82, 2.24) is 25.5 Å². The van der Waals surface area contributed by atoms with E-state index in [0.717, 1.165) is 0 Å².